The molecular weight excluding hydrogens is 422 g/mol. The second-order valence-electron chi connectivity index (χ2n) is 7.30. The molecular formula is C24H21N5O2S. The number of nitrogens with one attached hydrogen (secondary N) is 1. The maximum atomic E-state index is 9.71. The van der Waals surface area contributed by atoms with E-state index in [-0.39, 0.29) is 0 Å². The van der Waals surface area contributed by atoms with Gasteiger partial charge in [-0.25, -0.2) is 25.3 Å². The van der Waals surface area contributed by atoms with Crippen LogP contribution in [0.3, 0.4) is 0 Å². The van der Waals surface area contributed by atoms with Crippen molar-refractivity contribution >= 4 is 27.4 Å². The van der Waals surface area contributed by atoms with Crippen LogP contribution in [-0.4, -0.2) is 30.9 Å². The topological polar surface area (TPSA) is 85.1 Å². The number of aromatic nitrogens is 4. The Morgan fingerprint density at radius 2 is 1.69 bits per heavy atom. The Morgan fingerprint density at radius 3 is 2.31 bits per heavy atom. The average molecular weight is 444 g/mol. The van der Waals surface area contributed by atoms with Crippen LogP contribution in [0.1, 0.15) is 6.92 Å². The van der Waals surface area contributed by atoms with Gasteiger partial charge in [-0.05, 0) is 18.1 Å². The molecule has 0 aliphatic heterocycles. The summed E-state index contributed by atoms with van der Waals surface area (Å²) in [4.78, 5) is 21.2. The molecule has 0 radical (unpaired) electrons. The number of thiophene rings is 1. The van der Waals surface area contributed by atoms with Crippen LogP contribution in [0.4, 0.5) is 5.82 Å². The zero-order valence-electron chi connectivity index (χ0n) is 17.6. The summed E-state index contributed by atoms with van der Waals surface area (Å²) in [7, 11) is 1.90. The number of imidazole rings is 1. The van der Waals surface area contributed by atoms with E-state index in [4.69, 9.17) is 14.8 Å². The second-order valence-corrected chi connectivity index (χ2v) is 8.29. The van der Waals surface area contributed by atoms with Crippen molar-refractivity contribution in [2.45, 2.75) is 13.2 Å². The van der Waals surface area contributed by atoms with Crippen LogP contribution in [0.25, 0.3) is 43.4 Å². The van der Waals surface area contributed by atoms with Crippen LogP contribution >= 0.6 is 11.3 Å². The first-order valence-corrected chi connectivity index (χ1v) is 11.0. The maximum Gasteiger partial charge on any atom is 0.199 e. The number of rotatable bonds is 6. The van der Waals surface area contributed by atoms with E-state index >= 15 is 0 Å². The third-order valence-electron chi connectivity index (χ3n) is 5.00. The summed E-state index contributed by atoms with van der Waals surface area (Å²) in [6.07, 6.45) is 2.55. The molecule has 1 unspecified atom stereocenters. The Morgan fingerprint density at radius 1 is 1.00 bits per heavy atom. The second kappa shape index (κ2) is 8.51. The fraction of sp³-hybridized carbons (Fsp3) is 0.125. The first kappa shape index (κ1) is 20.3. The lowest BCUT2D eigenvalue weighted by molar-refractivity contribution is -0.0596. The van der Waals surface area contributed by atoms with Crippen molar-refractivity contribution in [1.82, 2.24) is 19.5 Å². The maximum absolute atomic E-state index is 9.71. The molecule has 2 N–H and O–H groups in total. The molecule has 0 amide bonds. The molecule has 3 aromatic heterocycles. The summed E-state index contributed by atoms with van der Waals surface area (Å²) in [5, 5.41) is 10.5. The van der Waals surface area contributed by atoms with Crippen LogP contribution < -0.4 is 5.48 Å². The molecule has 5 rings (SSSR count). The van der Waals surface area contributed by atoms with Gasteiger partial charge in [-0.2, -0.15) is 0 Å². The quantitative estimate of drug-likeness (QED) is 0.280. The number of anilines is 1. The zero-order chi connectivity index (χ0) is 22.1. The predicted octanol–water partition coefficient (Wildman–Crippen LogP) is 5.11. The lowest BCUT2D eigenvalue weighted by atomic mass is 10.00. The van der Waals surface area contributed by atoms with Gasteiger partial charge in [0.15, 0.2) is 23.8 Å². The minimum Gasteiger partial charge on any atom is -0.366 e. The highest BCUT2D eigenvalue weighted by atomic mass is 32.1. The molecule has 1 atom stereocenters. The van der Waals surface area contributed by atoms with E-state index in [1.807, 2.05) is 54.2 Å². The van der Waals surface area contributed by atoms with Crippen molar-refractivity contribution in [3.8, 4) is 33.2 Å². The van der Waals surface area contributed by atoms with Crippen molar-refractivity contribution in [1.29, 1.82) is 0 Å². The van der Waals surface area contributed by atoms with Gasteiger partial charge < -0.3 is 9.67 Å². The minimum absolute atomic E-state index is 0.474. The number of nitrogens with zero attached hydrogens (tertiary/aromatic N) is 4. The minimum atomic E-state index is -1.01. The monoisotopic (exact) mass is 443 g/mol. The molecule has 0 saturated carbocycles. The van der Waals surface area contributed by atoms with Gasteiger partial charge in [-0.15, -0.1) is 11.3 Å². The molecule has 8 heteroatoms. The van der Waals surface area contributed by atoms with Gasteiger partial charge in [0.05, 0.1) is 5.39 Å². The molecule has 2 aromatic carbocycles. The normalized spacial score (nSPS) is 12.2. The summed E-state index contributed by atoms with van der Waals surface area (Å²) in [6, 6.07) is 20.4. The third kappa shape index (κ3) is 3.75. The van der Waals surface area contributed by atoms with Crippen molar-refractivity contribution in [2.75, 3.05) is 5.48 Å². The largest absolute Gasteiger partial charge is 0.366 e. The zero-order valence-corrected chi connectivity index (χ0v) is 18.4. The number of aliphatic hydroxyl groups excluding tert-OH is 1. The number of fused-ring (bicyclic) bond motifs is 1. The molecule has 0 bridgehead atoms. The van der Waals surface area contributed by atoms with Gasteiger partial charge in [0.25, 0.3) is 0 Å². The van der Waals surface area contributed by atoms with Crippen molar-refractivity contribution in [2.24, 2.45) is 7.05 Å². The lowest BCUT2D eigenvalue weighted by Crippen LogP contribution is -2.13. The molecule has 0 fully saturated rings. The molecule has 7 nitrogen and oxygen atoms in total. The number of aryl methyl sites for hydroxylation is 1. The SMILES string of the molecule is CC(O)ONc1nc(-c2nccn2C)nc2sc(-c3ccccc3)c(-c3ccccc3)c12. The van der Waals surface area contributed by atoms with E-state index in [9.17, 15) is 5.11 Å². The fourth-order valence-electron chi connectivity index (χ4n) is 3.57. The van der Waals surface area contributed by atoms with E-state index in [0.717, 1.165) is 31.8 Å². The average Bonchev–Trinajstić information content (AvgIpc) is 3.42. The van der Waals surface area contributed by atoms with Gasteiger partial charge >= 0.3 is 0 Å². The van der Waals surface area contributed by atoms with Gasteiger partial charge in [-0.3, -0.25) is 0 Å². The molecule has 0 aliphatic rings. The lowest BCUT2D eigenvalue weighted by Gasteiger charge is -2.12. The van der Waals surface area contributed by atoms with Gasteiger partial charge in [0.2, 0.25) is 0 Å². The molecule has 0 aliphatic carbocycles. The molecule has 5 aromatic rings. The Hall–Kier alpha value is -3.59. The molecule has 160 valence electrons. The van der Waals surface area contributed by atoms with E-state index in [0.29, 0.717) is 17.5 Å². The summed E-state index contributed by atoms with van der Waals surface area (Å²) >= 11 is 1.59. The number of benzene rings is 2. The number of aliphatic hydroxyl groups is 1. The fourth-order valence-corrected chi connectivity index (χ4v) is 4.77. The molecule has 0 spiro atoms. The van der Waals surface area contributed by atoms with Crippen LogP contribution in [0.15, 0.2) is 73.1 Å². The standard InChI is InChI=1S/C24H21N5O2S/c1-15(30)31-28-21-19-18(16-9-5-3-6-10-16)20(17-11-7-4-8-12-17)32-24(19)27-22(26-21)23-25-13-14-29(23)2/h3-15,30H,1-2H3,(H,26,27,28). The first-order chi connectivity index (χ1) is 15.6. The Kier molecular flexibility index (Phi) is 5.40. The smallest absolute Gasteiger partial charge is 0.199 e. The van der Waals surface area contributed by atoms with Crippen LogP contribution in [0.2, 0.25) is 0 Å². The van der Waals surface area contributed by atoms with Crippen LogP contribution in [0, 0.1) is 0 Å². The van der Waals surface area contributed by atoms with E-state index in [1.54, 1.807) is 17.5 Å². The summed E-state index contributed by atoms with van der Waals surface area (Å²) in [6.45, 7) is 1.53. The predicted molar refractivity (Wildman–Crippen MR) is 127 cm³/mol. The highest BCUT2D eigenvalue weighted by Gasteiger charge is 2.23. The molecule has 0 saturated heterocycles. The summed E-state index contributed by atoms with van der Waals surface area (Å²) in [5.74, 6) is 1.59. The molecule has 3 heterocycles. The number of hydrogen-bond acceptors (Lipinski definition) is 7. The summed E-state index contributed by atoms with van der Waals surface area (Å²) in [5.41, 5.74) is 6.01. The Labute approximate surface area is 189 Å². The van der Waals surface area contributed by atoms with Gasteiger partial charge in [-0.1, -0.05) is 60.7 Å². The van der Waals surface area contributed by atoms with Crippen molar-refractivity contribution in [3.63, 3.8) is 0 Å². The van der Waals surface area contributed by atoms with E-state index in [2.05, 4.69) is 34.7 Å². The van der Waals surface area contributed by atoms with E-state index in [1.165, 1.54) is 6.92 Å². The summed E-state index contributed by atoms with van der Waals surface area (Å²) < 4.78 is 1.87. The highest BCUT2D eigenvalue weighted by molar-refractivity contribution is 7.22. The third-order valence-corrected chi connectivity index (χ3v) is 6.13. The van der Waals surface area contributed by atoms with Gasteiger partial charge in [0.1, 0.15) is 4.83 Å². The van der Waals surface area contributed by atoms with Gasteiger partial charge in [0, 0.05) is 29.9 Å². The van der Waals surface area contributed by atoms with Crippen LogP contribution in [-0.2, 0) is 11.9 Å². The molecule has 32 heavy (non-hydrogen) atoms. The Bertz CT molecular complexity index is 1360. The Balaban J connectivity index is 1.82. The van der Waals surface area contributed by atoms with Crippen molar-refractivity contribution < 1.29 is 9.94 Å². The van der Waals surface area contributed by atoms with Crippen molar-refractivity contribution in [3.05, 3.63) is 73.1 Å². The first-order valence-electron chi connectivity index (χ1n) is 10.1. The van der Waals surface area contributed by atoms with Crippen LogP contribution in [0.5, 0.6) is 0 Å². The highest BCUT2D eigenvalue weighted by Crippen LogP contribution is 2.46. The van der Waals surface area contributed by atoms with E-state index < -0.39 is 6.29 Å². The number of hydrogen-bond donors (Lipinski definition) is 2.